The second-order valence-electron chi connectivity index (χ2n) is 5.24. The first kappa shape index (κ1) is 21.8. The first-order chi connectivity index (χ1) is 10.8. The van der Waals surface area contributed by atoms with Gasteiger partial charge in [-0.05, 0) is 0 Å². The molecule has 0 unspecified atom stereocenters. The lowest BCUT2D eigenvalue weighted by Crippen LogP contribution is -2.27. The number of methoxy groups -OCH3 is 2. The molecule has 2 saturated heterocycles. The lowest BCUT2D eigenvalue weighted by molar-refractivity contribution is 0.210. The van der Waals surface area contributed by atoms with Gasteiger partial charge in [-0.2, -0.15) is 0 Å². The summed E-state index contributed by atoms with van der Waals surface area (Å²) >= 11 is 0. The van der Waals surface area contributed by atoms with Gasteiger partial charge in [-0.1, -0.05) is 0 Å². The predicted molar refractivity (Wildman–Crippen MR) is 86.5 cm³/mol. The Morgan fingerprint density at radius 1 is 0.583 bits per heavy atom. The molecule has 2 rings (SSSR count). The van der Waals surface area contributed by atoms with Crippen LogP contribution in [0.25, 0.3) is 0 Å². The summed E-state index contributed by atoms with van der Waals surface area (Å²) in [5.74, 6) is -1.10. The third-order valence-corrected chi connectivity index (χ3v) is 14.4. The quantitative estimate of drug-likeness (QED) is 0.473. The highest BCUT2D eigenvalue weighted by Crippen LogP contribution is 2.20. The molecule has 0 N–H and O–H groups in total. The van der Waals surface area contributed by atoms with Gasteiger partial charge in [0.25, 0.3) is 0 Å². The van der Waals surface area contributed by atoms with E-state index in [1.54, 1.807) is 0 Å². The maximum absolute atomic E-state index is 11.1. The van der Waals surface area contributed by atoms with Gasteiger partial charge in [0.2, 0.25) is 0 Å². The Morgan fingerprint density at radius 3 is 0.958 bits per heavy atom. The largest absolute Gasteiger partial charge is 0.382 e. The molecule has 0 saturated carbocycles. The Kier molecular flexibility index (Phi) is 6.83. The normalized spacial score (nSPS) is 27.4. The molecule has 0 bridgehead atoms. The highest BCUT2D eigenvalue weighted by Gasteiger charge is 2.45. The fourth-order valence-corrected chi connectivity index (χ4v) is 13.0. The Hall–Kier alpha value is -0.280. The van der Waals surface area contributed by atoms with Crippen LogP contribution in [0, 0.1) is 0 Å². The van der Waals surface area contributed by atoms with Gasteiger partial charge in [-0.25, -0.2) is 33.7 Å². The van der Waals surface area contributed by atoms with Crippen LogP contribution in [0.1, 0.15) is 0 Å². The summed E-state index contributed by atoms with van der Waals surface area (Å²) in [6.45, 7) is -0.519. The summed E-state index contributed by atoms with van der Waals surface area (Å²) in [5.41, 5.74) is 0. The number of ether oxygens (including phenoxy) is 2. The third-order valence-electron chi connectivity index (χ3n) is 3.51. The van der Waals surface area contributed by atoms with E-state index in [9.17, 15) is 33.7 Å². The van der Waals surface area contributed by atoms with Crippen LogP contribution in [0.4, 0.5) is 0 Å². The third kappa shape index (κ3) is 4.88. The van der Waals surface area contributed by atoms with Crippen LogP contribution in [-0.4, -0.2) is 93.3 Å². The predicted octanol–water partition coefficient (Wildman–Crippen LogP) is -2.40. The van der Waals surface area contributed by atoms with Gasteiger partial charge in [-0.15, -0.1) is 0 Å². The van der Waals surface area contributed by atoms with Gasteiger partial charge in [0.05, 0.1) is 36.2 Å². The fourth-order valence-electron chi connectivity index (χ4n) is 2.12. The summed E-state index contributed by atoms with van der Waals surface area (Å²) < 4.78 is 95.3. The summed E-state index contributed by atoms with van der Waals surface area (Å²) in [4.78, 5) is 0. The Morgan fingerprint density at radius 2 is 0.792 bits per heavy atom. The molecule has 0 aliphatic carbocycles. The summed E-state index contributed by atoms with van der Waals surface area (Å²) in [6.07, 6.45) is 0. The summed E-state index contributed by atoms with van der Waals surface area (Å²) in [5, 5.41) is 0. The van der Waals surface area contributed by atoms with Crippen LogP contribution in [-0.2, 0) is 48.8 Å². The van der Waals surface area contributed by atoms with Crippen molar-refractivity contribution in [2.45, 2.75) is 9.16 Å². The molecule has 14 heteroatoms. The molecule has 0 radical (unpaired) electrons. The minimum atomic E-state index is -3.47. The summed E-state index contributed by atoms with van der Waals surface area (Å²) in [6, 6.07) is 0. The van der Waals surface area contributed by atoms with E-state index in [1.165, 1.54) is 14.2 Å². The van der Waals surface area contributed by atoms with E-state index < -0.39 is 48.5 Å². The van der Waals surface area contributed by atoms with Gasteiger partial charge in [0, 0.05) is 14.2 Å². The number of sulfone groups is 4. The second-order valence-corrected chi connectivity index (χ2v) is 15.0. The molecule has 0 atom stereocenters. The zero-order valence-electron chi connectivity index (χ0n) is 13.1. The van der Waals surface area contributed by atoms with Crippen LogP contribution in [0.3, 0.4) is 0 Å². The zero-order valence-corrected chi connectivity index (χ0v) is 16.4. The molecular weight excluding hydrogens is 408 g/mol. The summed E-state index contributed by atoms with van der Waals surface area (Å²) in [7, 11) is -11.3. The van der Waals surface area contributed by atoms with E-state index in [1.807, 2.05) is 0 Å². The zero-order chi connectivity index (χ0) is 18.8. The van der Waals surface area contributed by atoms with Crippen molar-refractivity contribution < 1.29 is 43.1 Å². The average molecular weight is 429 g/mol. The highest BCUT2D eigenvalue weighted by molar-refractivity contribution is 8.12. The number of hydrogen-bond acceptors (Lipinski definition) is 10. The molecule has 0 amide bonds. The lowest BCUT2D eigenvalue weighted by atomic mass is 10.8. The molecule has 0 aromatic rings. The SMILES string of the molecule is COCC1S(=O)(=O)CCS1(=O)=O.COCC1S(=O)(=O)CCS1(=O)=O. The van der Waals surface area contributed by atoms with Gasteiger partial charge < -0.3 is 9.47 Å². The van der Waals surface area contributed by atoms with Crippen molar-refractivity contribution >= 4 is 39.3 Å². The van der Waals surface area contributed by atoms with Crippen molar-refractivity contribution in [1.29, 1.82) is 0 Å². The molecule has 2 heterocycles. The van der Waals surface area contributed by atoms with Crippen LogP contribution < -0.4 is 0 Å². The molecule has 2 fully saturated rings. The maximum atomic E-state index is 11.1. The molecule has 0 aromatic heterocycles. The highest BCUT2D eigenvalue weighted by atomic mass is 32.3. The van der Waals surface area contributed by atoms with Crippen LogP contribution >= 0.6 is 0 Å². The number of hydrogen-bond donors (Lipinski definition) is 0. The minimum absolute atomic E-state index is 0.259. The van der Waals surface area contributed by atoms with E-state index in [4.69, 9.17) is 0 Å². The van der Waals surface area contributed by atoms with E-state index in [2.05, 4.69) is 9.47 Å². The molecular formula is C10H20O10S4. The Labute approximate surface area is 142 Å². The van der Waals surface area contributed by atoms with Crippen LogP contribution in [0.15, 0.2) is 0 Å². The monoisotopic (exact) mass is 428 g/mol. The van der Waals surface area contributed by atoms with E-state index in [-0.39, 0.29) is 36.2 Å². The average Bonchev–Trinajstić information content (AvgIpc) is 2.78. The van der Waals surface area contributed by atoms with Crippen molar-refractivity contribution in [2.75, 3.05) is 50.4 Å². The van der Waals surface area contributed by atoms with Crippen LogP contribution in [0.2, 0.25) is 0 Å². The molecule has 0 spiro atoms. The van der Waals surface area contributed by atoms with Crippen molar-refractivity contribution in [1.82, 2.24) is 0 Å². The Balaban J connectivity index is 0.000000240. The lowest BCUT2D eigenvalue weighted by Gasteiger charge is -2.06. The second kappa shape index (κ2) is 7.53. The topological polar surface area (TPSA) is 155 Å². The van der Waals surface area contributed by atoms with E-state index >= 15 is 0 Å². The smallest absolute Gasteiger partial charge is 0.186 e. The first-order valence-electron chi connectivity index (χ1n) is 6.64. The Bertz CT molecular complexity index is 709. The molecule has 2 aliphatic rings. The van der Waals surface area contributed by atoms with Crippen molar-refractivity contribution in [3.8, 4) is 0 Å². The van der Waals surface area contributed by atoms with Crippen molar-refractivity contribution in [3.05, 3.63) is 0 Å². The number of rotatable bonds is 4. The fraction of sp³-hybridized carbons (Fsp3) is 1.00. The first-order valence-corrected chi connectivity index (χ1v) is 13.5. The van der Waals surface area contributed by atoms with Crippen LogP contribution in [0.5, 0.6) is 0 Å². The van der Waals surface area contributed by atoms with E-state index in [0.717, 1.165) is 0 Å². The van der Waals surface area contributed by atoms with Gasteiger partial charge in [0.1, 0.15) is 0 Å². The van der Waals surface area contributed by atoms with Crippen molar-refractivity contribution in [3.63, 3.8) is 0 Å². The van der Waals surface area contributed by atoms with Gasteiger partial charge >= 0.3 is 0 Å². The molecule has 10 nitrogen and oxygen atoms in total. The van der Waals surface area contributed by atoms with Gasteiger partial charge in [0.15, 0.2) is 48.5 Å². The van der Waals surface area contributed by atoms with Gasteiger partial charge in [-0.3, -0.25) is 0 Å². The maximum Gasteiger partial charge on any atom is 0.186 e. The standard InChI is InChI=1S/2C5H10O5S2/c2*1-10-4-5-11(6,7)2-3-12(5,8)9/h2*5H,2-4H2,1H3. The van der Waals surface area contributed by atoms with Crippen molar-refractivity contribution in [2.24, 2.45) is 0 Å². The van der Waals surface area contributed by atoms with E-state index in [0.29, 0.717) is 0 Å². The molecule has 24 heavy (non-hydrogen) atoms. The molecule has 0 aromatic carbocycles. The minimum Gasteiger partial charge on any atom is -0.382 e. The molecule has 144 valence electrons. The molecule has 2 aliphatic heterocycles.